The van der Waals surface area contributed by atoms with Crippen molar-refractivity contribution in [2.45, 2.75) is 19.6 Å². The monoisotopic (exact) mass is 556 g/mol. The summed E-state index contributed by atoms with van der Waals surface area (Å²) in [6.07, 6.45) is 0. The van der Waals surface area contributed by atoms with E-state index in [1.807, 2.05) is 91.0 Å². The quantitative estimate of drug-likeness (QED) is 0.132. The predicted molar refractivity (Wildman–Crippen MR) is 170 cm³/mol. The van der Waals surface area contributed by atoms with E-state index in [0.717, 1.165) is 42.4 Å². The summed E-state index contributed by atoms with van der Waals surface area (Å²) in [5.74, 6) is 0. The van der Waals surface area contributed by atoms with Gasteiger partial charge >= 0.3 is 12.1 Å². The molecule has 0 heterocycles. The van der Waals surface area contributed by atoms with E-state index in [9.17, 15) is 9.59 Å². The van der Waals surface area contributed by atoms with E-state index < -0.39 is 0 Å². The third-order valence-electron chi connectivity index (χ3n) is 6.69. The highest BCUT2D eigenvalue weighted by molar-refractivity contribution is 6.00. The van der Waals surface area contributed by atoms with Gasteiger partial charge in [-0.1, -0.05) is 91.0 Å². The van der Waals surface area contributed by atoms with Crippen molar-refractivity contribution in [3.63, 3.8) is 0 Å². The van der Waals surface area contributed by atoms with Crippen molar-refractivity contribution in [2.24, 2.45) is 0 Å². The smallest absolute Gasteiger partial charge is 0.323 e. The Balaban J connectivity index is 1.20. The predicted octanol–water partition coefficient (Wildman–Crippen LogP) is 6.76. The largest absolute Gasteiger partial charge is 0.324 e. The molecule has 0 spiro atoms. The Hall–Kier alpha value is -5.40. The zero-order valence-corrected chi connectivity index (χ0v) is 23.2. The summed E-state index contributed by atoms with van der Waals surface area (Å²) in [4.78, 5) is 26.1. The second-order valence-electron chi connectivity index (χ2n) is 10.1. The van der Waals surface area contributed by atoms with Gasteiger partial charge in [0.05, 0.1) is 0 Å². The number of hydrogen-bond acceptors (Lipinski definition) is 2. The van der Waals surface area contributed by atoms with Crippen LogP contribution >= 0.6 is 0 Å². The maximum absolute atomic E-state index is 12.4. The maximum atomic E-state index is 12.4. The van der Waals surface area contributed by atoms with Crippen molar-refractivity contribution in [3.8, 4) is 0 Å². The van der Waals surface area contributed by atoms with Crippen LogP contribution in [-0.2, 0) is 19.6 Å². The third kappa shape index (κ3) is 8.81. The Morgan fingerprint density at radius 3 is 1.02 bits per heavy atom. The van der Waals surface area contributed by atoms with Gasteiger partial charge in [-0.05, 0) is 48.5 Å². The molecule has 7 nitrogen and oxygen atoms in total. The Labute approximate surface area is 246 Å². The van der Waals surface area contributed by atoms with Crippen LogP contribution in [0.25, 0.3) is 0 Å². The van der Waals surface area contributed by atoms with E-state index in [1.165, 1.54) is 21.6 Å². The molecule has 7 heteroatoms. The molecule has 0 aliphatic heterocycles. The van der Waals surface area contributed by atoms with E-state index in [2.05, 4.69) is 69.8 Å². The fourth-order valence-corrected chi connectivity index (χ4v) is 4.69. The molecule has 0 atom stereocenters. The molecule has 0 fully saturated rings. The van der Waals surface area contributed by atoms with Crippen molar-refractivity contribution < 1.29 is 14.5 Å². The summed E-state index contributed by atoms with van der Waals surface area (Å²) in [6.45, 7) is 2.48. The molecular formula is C35H34N5O2+. The first kappa shape index (κ1) is 28.1. The average Bonchev–Trinajstić information content (AvgIpc) is 3.00. The van der Waals surface area contributed by atoms with E-state index >= 15 is 0 Å². The molecule has 210 valence electrons. The first-order chi connectivity index (χ1) is 20.6. The van der Waals surface area contributed by atoms with Gasteiger partial charge < -0.3 is 26.2 Å². The van der Waals surface area contributed by atoms with Gasteiger partial charge in [-0.2, -0.15) is 0 Å². The lowest BCUT2D eigenvalue weighted by Crippen LogP contribution is -3.08. The van der Waals surface area contributed by atoms with Crippen LogP contribution in [0.3, 0.4) is 0 Å². The minimum atomic E-state index is -0.277. The molecule has 5 aromatic rings. The van der Waals surface area contributed by atoms with E-state index in [1.54, 1.807) is 0 Å². The molecule has 5 N–H and O–H groups in total. The van der Waals surface area contributed by atoms with Crippen LogP contribution in [0.1, 0.15) is 16.7 Å². The van der Waals surface area contributed by atoms with Crippen molar-refractivity contribution in [2.75, 3.05) is 21.3 Å². The fourth-order valence-electron chi connectivity index (χ4n) is 4.69. The first-order valence-corrected chi connectivity index (χ1v) is 13.9. The first-order valence-electron chi connectivity index (χ1n) is 13.9. The normalized spacial score (nSPS) is 10.6. The van der Waals surface area contributed by atoms with Crippen molar-refractivity contribution in [1.29, 1.82) is 0 Å². The number of carbonyl (C=O) groups excluding carboxylic acids is 2. The van der Waals surface area contributed by atoms with Gasteiger partial charge in [-0.15, -0.1) is 0 Å². The number of carbonyl (C=O) groups is 2. The molecule has 0 unspecified atom stereocenters. The average molecular weight is 557 g/mol. The van der Waals surface area contributed by atoms with Crippen LogP contribution in [0.15, 0.2) is 140 Å². The number of benzene rings is 5. The molecule has 0 saturated carbocycles. The minimum Gasteiger partial charge on any atom is -0.324 e. The van der Waals surface area contributed by atoms with Crippen LogP contribution in [0, 0.1) is 0 Å². The van der Waals surface area contributed by atoms with Crippen LogP contribution in [-0.4, -0.2) is 12.1 Å². The van der Waals surface area contributed by atoms with Crippen LogP contribution < -0.4 is 26.2 Å². The second kappa shape index (κ2) is 14.3. The van der Waals surface area contributed by atoms with Crippen molar-refractivity contribution in [1.82, 2.24) is 0 Å². The Kier molecular flexibility index (Phi) is 9.58. The summed E-state index contributed by atoms with van der Waals surface area (Å²) < 4.78 is 0. The summed E-state index contributed by atoms with van der Waals surface area (Å²) in [7, 11) is 0. The molecule has 0 aliphatic carbocycles. The molecular weight excluding hydrogens is 522 g/mol. The molecule has 0 aliphatic rings. The highest BCUT2D eigenvalue weighted by atomic mass is 16.2. The minimum absolute atomic E-state index is 0.277. The van der Waals surface area contributed by atoms with Gasteiger partial charge in [0.15, 0.2) is 0 Å². The number of nitrogens with one attached hydrogen (secondary N) is 5. The number of amides is 4. The van der Waals surface area contributed by atoms with E-state index in [4.69, 9.17) is 0 Å². The molecule has 0 bridgehead atoms. The number of urea groups is 2. The fraction of sp³-hybridized carbons (Fsp3) is 0.0857. The van der Waals surface area contributed by atoms with Gasteiger partial charge in [0.25, 0.3) is 0 Å². The number of quaternary nitrogens is 1. The van der Waals surface area contributed by atoms with Crippen molar-refractivity contribution >= 4 is 34.8 Å². The zero-order valence-electron chi connectivity index (χ0n) is 23.2. The molecule has 0 aromatic heterocycles. The number of hydrogen-bond donors (Lipinski definition) is 5. The van der Waals surface area contributed by atoms with Gasteiger partial charge in [0, 0.05) is 39.4 Å². The lowest BCUT2D eigenvalue weighted by Gasteiger charge is -2.20. The lowest BCUT2D eigenvalue weighted by atomic mass is 10.1. The molecule has 0 saturated heterocycles. The van der Waals surface area contributed by atoms with Gasteiger partial charge in [-0.25, -0.2) is 9.59 Å². The molecule has 4 amide bonds. The van der Waals surface area contributed by atoms with Gasteiger partial charge in [-0.3, -0.25) is 0 Å². The zero-order chi connectivity index (χ0) is 29.0. The van der Waals surface area contributed by atoms with Gasteiger partial charge in [0.2, 0.25) is 0 Å². The summed E-state index contributed by atoms with van der Waals surface area (Å²) in [5, 5.41) is 11.5. The Morgan fingerprint density at radius 1 is 0.381 bits per heavy atom. The number of anilines is 4. The molecule has 5 aromatic carbocycles. The summed E-state index contributed by atoms with van der Waals surface area (Å²) in [5.41, 5.74) is 6.56. The highest BCUT2D eigenvalue weighted by Crippen LogP contribution is 2.13. The van der Waals surface area contributed by atoms with E-state index in [-0.39, 0.29) is 12.1 Å². The van der Waals surface area contributed by atoms with Gasteiger partial charge in [0.1, 0.15) is 19.6 Å². The van der Waals surface area contributed by atoms with E-state index in [0.29, 0.717) is 0 Å². The Bertz CT molecular complexity index is 1460. The standard InChI is InChI=1S/C35H33N5O2/c41-34(36-30-12-6-2-7-13-30)38-32-20-16-28(17-21-32)25-40(24-27-10-4-1-5-11-27)26-29-18-22-33(23-19-29)39-35(42)37-31-14-8-3-9-15-31/h1-23H,24-26H2,(H2,36,38,41)(H2,37,39,42)/p+1. The SMILES string of the molecule is O=C(Nc1ccccc1)Nc1ccc(C[NH+](Cc2ccccc2)Cc2ccc(NC(=O)Nc3ccccc3)cc2)cc1. The number of para-hydroxylation sites is 2. The topological polar surface area (TPSA) is 86.7 Å². The molecule has 42 heavy (non-hydrogen) atoms. The Morgan fingerprint density at radius 2 is 0.667 bits per heavy atom. The molecule has 0 radical (unpaired) electrons. The second-order valence-corrected chi connectivity index (χ2v) is 10.1. The van der Waals surface area contributed by atoms with Crippen LogP contribution in [0.2, 0.25) is 0 Å². The summed E-state index contributed by atoms with van der Waals surface area (Å²) in [6, 6.07) is 44.6. The molecule has 5 rings (SSSR count). The number of rotatable bonds is 10. The maximum Gasteiger partial charge on any atom is 0.323 e. The lowest BCUT2D eigenvalue weighted by molar-refractivity contribution is -0.941. The summed E-state index contributed by atoms with van der Waals surface area (Å²) >= 11 is 0. The van der Waals surface area contributed by atoms with Crippen molar-refractivity contribution in [3.05, 3.63) is 156 Å². The highest BCUT2D eigenvalue weighted by Gasteiger charge is 2.13. The van der Waals surface area contributed by atoms with Crippen LogP contribution in [0.5, 0.6) is 0 Å². The van der Waals surface area contributed by atoms with Crippen LogP contribution in [0.4, 0.5) is 32.3 Å². The third-order valence-corrected chi connectivity index (χ3v) is 6.69.